The van der Waals surface area contributed by atoms with Gasteiger partial charge in [0.2, 0.25) is 0 Å². The van der Waals surface area contributed by atoms with E-state index in [1.54, 1.807) is 6.92 Å². The normalized spacial score (nSPS) is 15.3. The molecular weight excluding hydrogens is 288 g/mol. The van der Waals surface area contributed by atoms with Gasteiger partial charge in [-0.25, -0.2) is 0 Å². The molecule has 0 aromatic heterocycles. The molecule has 120 valence electrons. The van der Waals surface area contributed by atoms with Crippen LogP contribution in [0, 0.1) is 0 Å². The van der Waals surface area contributed by atoms with Gasteiger partial charge in [0.1, 0.15) is 5.75 Å². The van der Waals surface area contributed by atoms with Crippen LogP contribution in [-0.4, -0.2) is 25.1 Å². The van der Waals surface area contributed by atoms with E-state index in [0.29, 0.717) is 5.75 Å². The van der Waals surface area contributed by atoms with E-state index in [0.717, 1.165) is 18.8 Å². The first kappa shape index (κ1) is 15.4. The average molecular weight is 310 g/mol. The molecule has 4 heteroatoms. The van der Waals surface area contributed by atoms with Crippen LogP contribution < -0.4 is 15.0 Å². The van der Waals surface area contributed by atoms with E-state index in [9.17, 15) is 4.79 Å². The Bertz CT molecular complexity index is 634. The van der Waals surface area contributed by atoms with E-state index >= 15 is 0 Å². The van der Waals surface area contributed by atoms with Gasteiger partial charge in [-0.15, -0.1) is 0 Å². The summed E-state index contributed by atoms with van der Waals surface area (Å²) in [6.07, 6.45) is 1.97. The highest BCUT2D eigenvalue weighted by atomic mass is 16.5. The Morgan fingerprint density at radius 3 is 2.35 bits per heavy atom. The van der Waals surface area contributed by atoms with Crippen molar-refractivity contribution in [3.8, 4) is 5.75 Å². The summed E-state index contributed by atoms with van der Waals surface area (Å²) in [6.45, 7) is 3.99. The van der Waals surface area contributed by atoms with Crippen molar-refractivity contribution >= 4 is 17.3 Å². The van der Waals surface area contributed by atoms with Crippen LogP contribution in [0.2, 0.25) is 0 Å². The fourth-order valence-electron chi connectivity index (χ4n) is 2.73. The molecule has 1 amide bonds. The molecule has 0 radical (unpaired) electrons. The van der Waals surface area contributed by atoms with Crippen LogP contribution >= 0.6 is 0 Å². The molecule has 1 atom stereocenters. The maximum absolute atomic E-state index is 12.2. The van der Waals surface area contributed by atoms with E-state index in [1.165, 1.54) is 18.5 Å². The number of hydrogen-bond donors (Lipinski definition) is 1. The number of nitrogens with one attached hydrogen (secondary N) is 1. The van der Waals surface area contributed by atoms with E-state index in [2.05, 4.69) is 22.3 Å². The smallest absolute Gasteiger partial charge is 0.265 e. The SMILES string of the molecule is C[C@@H](Oc1ccccc1)C(=O)Nc1ccc(N2CCCC2)cc1. The van der Waals surface area contributed by atoms with Crippen LogP contribution in [0.25, 0.3) is 0 Å². The molecule has 0 bridgehead atoms. The van der Waals surface area contributed by atoms with E-state index < -0.39 is 6.10 Å². The van der Waals surface area contributed by atoms with Crippen LogP contribution in [0.5, 0.6) is 5.75 Å². The van der Waals surface area contributed by atoms with Crippen molar-refractivity contribution < 1.29 is 9.53 Å². The van der Waals surface area contributed by atoms with E-state index in [4.69, 9.17) is 4.74 Å². The van der Waals surface area contributed by atoms with Crippen molar-refractivity contribution in [2.24, 2.45) is 0 Å². The third kappa shape index (κ3) is 4.03. The average Bonchev–Trinajstić information content (AvgIpc) is 3.11. The number of para-hydroxylation sites is 1. The summed E-state index contributed by atoms with van der Waals surface area (Å²) in [5.41, 5.74) is 2.01. The molecule has 1 aliphatic rings. The molecule has 1 saturated heterocycles. The maximum Gasteiger partial charge on any atom is 0.265 e. The molecule has 1 aliphatic heterocycles. The third-order valence-corrected chi connectivity index (χ3v) is 4.03. The molecule has 0 aliphatic carbocycles. The molecule has 2 aromatic carbocycles. The summed E-state index contributed by atoms with van der Waals surface area (Å²) in [7, 11) is 0. The highest BCUT2D eigenvalue weighted by molar-refractivity contribution is 5.94. The van der Waals surface area contributed by atoms with Crippen molar-refractivity contribution in [2.45, 2.75) is 25.9 Å². The van der Waals surface area contributed by atoms with Gasteiger partial charge in [-0.3, -0.25) is 4.79 Å². The monoisotopic (exact) mass is 310 g/mol. The second-order valence-corrected chi connectivity index (χ2v) is 5.80. The fourth-order valence-corrected chi connectivity index (χ4v) is 2.73. The Morgan fingerprint density at radius 1 is 1.04 bits per heavy atom. The zero-order valence-electron chi connectivity index (χ0n) is 13.4. The van der Waals surface area contributed by atoms with Gasteiger partial charge in [0.05, 0.1) is 0 Å². The summed E-state index contributed by atoms with van der Waals surface area (Å²) in [6, 6.07) is 17.4. The molecule has 1 N–H and O–H groups in total. The number of benzene rings is 2. The molecule has 2 aromatic rings. The molecule has 3 rings (SSSR count). The predicted molar refractivity (Wildman–Crippen MR) is 93.1 cm³/mol. The number of rotatable bonds is 5. The molecule has 4 nitrogen and oxygen atoms in total. The zero-order valence-corrected chi connectivity index (χ0v) is 13.4. The van der Waals surface area contributed by atoms with Crippen molar-refractivity contribution in [3.63, 3.8) is 0 Å². The first-order valence-electron chi connectivity index (χ1n) is 8.10. The van der Waals surface area contributed by atoms with Crippen molar-refractivity contribution in [1.82, 2.24) is 0 Å². The number of carbonyl (C=O) groups excluding carboxylic acids is 1. The first-order valence-corrected chi connectivity index (χ1v) is 8.10. The number of ether oxygens (including phenoxy) is 1. The lowest BCUT2D eigenvalue weighted by atomic mass is 10.2. The molecule has 23 heavy (non-hydrogen) atoms. The highest BCUT2D eigenvalue weighted by Crippen LogP contribution is 2.22. The Labute approximate surface area is 137 Å². The number of anilines is 2. The molecule has 1 fully saturated rings. The summed E-state index contributed by atoms with van der Waals surface area (Å²) in [4.78, 5) is 14.6. The van der Waals surface area contributed by atoms with Crippen molar-refractivity contribution in [2.75, 3.05) is 23.3 Å². The van der Waals surface area contributed by atoms with Gasteiger partial charge in [-0.05, 0) is 56.2 Å². The summed E-state index contributed by atoms with van der Waals surface area (Å²) in [5, 5.41) is 2.90. The summed E-state index contributed by atoms with van der Waals surface area (Å²) >= 11 is 0. The minimum absolute atomic E-state index is 0.150. The minimum Gasteiger partial charge on any atom is -0.481 e. The first-order chi connectivity index (χ1) is 11.2. The van der Waals surface area contributed by atoms with Gasteiger partial charge < -0.3 is 15.0 Å². The number of hydrogen-bond acceptors (Lipinski definition) is 3. The van der Waals surface area contributed by atoms with Crippen LogP contribution in [0.15, 0.2) is 54.6 Å². The van der Waals surface area contributed by atoms with Crippen LogP contribution in [0.3, 0.4) is 0 Å². The van der Waals surface area contributed by atoms with Gasteiger partial charge in [0.15, 0.2) is 6.10 Å². The Balaban J connectivity index is 1.56. The topological polar surface area (TPSA) is 41.6 Å². The van der Waals surface area contributed by atoms with Crippen LogP contribution in [0.4, 0.5) is 11.4 Å². The molecule has 1 heterocycles. The lowest BCUT2D eigenvalue weighted by Crippen LogP contribution is -2.30. The van der Waals surface area contributed by atoms with E-state index in [1.807, 2.05) is 42.5 Å². The van der Waals surface area contributed by atoms with Gasteiger partial charge in [-0.1, -0.05) is 18.2 Å². The summed E-state index contributed by atoms with van der Waals surface area (Å²) < 4.78 is 5.63. The number of nitrogens with zero attached hydrogens (tertiary/aromatic N) is 1. The van der Waals surface area contributed by atoms with Crippen LogP contribution in [0.1, 0.15) is 19.8 Å². The van der Waals surface area contributed by atoms with Crippen molar-refractivity contribution in [3.05, 3.63) is 54.6 Å². The Hall–Kier alpha value is -2.49. The van der Waals surface area contributed by atoms with Gasteiger partial charge >= 0.3 is 0 Å². The van der Waals surface area contributed by atoms with Gasteiger partial charge in [-0.2, -0.15) is 0 Å². The van der Waals surface area contributed by atoms with Gasteiger partial charge in [0, 0.05) is 24.5 Å². The van der Waals surface area contributed by atoms with Crippen molar-refractivity contribution in [1.29, 1.82) is 0 Å². The number of amides is 1. The second kappa shape index (κ2) is 7.18. The number of carbonyl (C=O) groups is 1. The lowest BCUT2D eigenvalue weighted by Gasteiger charge is -2.18. The third-order valence-electron chi connectivity index (χ3n) is 4.03. The highest BCUT2D eigenvalue weighted by Gasteiger charge is 2.15. The fraction of sp³-hybridized carbons (Fsp3) is 0.316. The zero-order chi connectivity index (χ0) is 16.1. The maximum atomic E-state index is 12.2. The molecule has 0 unspecified atom stereocenters. The Kier molecular flexibility index (Phi) is 4.81. The Morgan fingerprint density at radius 2 is 1.70 bits per heavy atom. The molecule has 0 saturated carbocycles. The minimum atomic E-state index is -0.546. The molecular formula is C19H22N2O2. The standard InChI is InChI=1S/C19H22N2O2/c1-15(23-18-7-3-2-4-8-18)19(22)20-16-9-11-17(12-10-16)21-13-5-6-14-21/h2-4,7-12,15H,5-6,13-14H2,1H3,(H,20,22)/t15-/m1/s1. The van der Waals surface area contributed by atoms with E-state index in [-0.39, 0.29) is 5.91 Å². The largest absolute Gasteiger partial charge is 0.481 e. The predicted octanol–water partition coefficient (Wildman–Crippen LogP) is 3.69. The van der Waals surface area contributed by atoms with Gasteiger partial charge in [0.25, 0.3) is 5.91 Å². The quantitative estimate of drug-likeness (QED) is 0.915. The molecule has 0 spiro atoms. The lowest BCUT2D eigenvalue weighted by molar-refractivity contribution is -0.122. The second-order valence-electron chi connectivity index (χ2n) is 5.80. The van der Waals surface area contributed by atoms with Crippen LogP contribution in [-0.2, 0) is 4.79 Å². The summed E-state index contributed by atoms with van der Waals surface area (Å²) in [5.74, 6) is 0.544.